The van der Waals surface area contributed by atoms with Gasteiger partial charge in [0, 0.05) is 18.1 Å². The van der Waals surface area contributed by atoms with Gasteiger partial charge in [0.15, 0.2) is 0 Å². The molecule has 0 aliphatic heterocycles. The SMILES string of the molecule is CCC(CCCl)Nc1nc(C)cnc1C. The first kappa shape index (κ1) is 12.2. The zero-order valence-corrected chi connectivity index (χ0v) is 10.3. The number of nitrogens with zero attached hydrogens (tertiary/aromatic N) is 2. The maximum Gasteiger partial charge on any atom is 0.147 e. The predicted octanol–water partition coefficient (Wildman–Crippen LogP) is 2.91. The molecule has 3 nitrogen and oxygen atoms in total. The fraction of sp³-hybridized carbons (Fsp3) is 0.636. The van der Waals surface area contributed by atoms with E-state index in [0.717, 1.165) is 30.0 Å². The highest BCUT2D eigenvalue weighted by molar-refractivity contribution is 6.17. The van der Waals surface area contributed by atoms with Crippen LogP contribution in [-0.2, 0) is 0 Å². The van der Waals surface area contributed by atoms with E-state index in [9.17, 15) is 0 Å². The molecule has 1 unspecified atom stereocenters. The zero-order valence-electron chi connectivity index (χ0n) is 9.55. The van der Waals surface area contributed by atoms with Crippen molar-refractivity contribution >= 4 is 17.4 Å². The number of hydrogen-bond donors (Lipinski definition) is 1. The van der Waals surface area contributed by atoms with Crippen LogP contribution in [0.25, 0.3) is 0 Å². The Hall–Kier alpha value is -0.830. The number of halogens is 1. The first-order valence-corrected chi connectivity index (χ1v) is 5.83. The van der Waals surface area contributed by atoms with E-state index in [1.54, 1.807) is 6.20 Å². The predicted molar refractivity (Wildman–Crippen MR) is 64.5 cm³/mol. The summed E-state index contributed by atoms with van der Waals surface area (Å²) in [7, 11) is 0. The van der Waals surface area contributed by atoms with Gasteiger partial charge in [-0.3, -0.25) is 4.98 Å². The van der Waals surface area contributed by atoms with E-state index >= 15 is 0 Å². The van der Waals surface area contributed by atoms with E-state index in [1.807, 2.05) is 13.8 Å². The van der Waals surface area contributed by atoms with Gasteiger partial charge in [-0.2, -0.15) is 0 Å². The Morgan fingerprint density at radius 1 is 1.47 bits per heavy atom. The summed E-state index contributed by atoms with van der Waals surface area (Å²) in [6.07, 6.45) is 3.78. The van der Waals surface area contributed by atoms with Gasteiger partial charge in [0.25, 0.3) is 0 Å². The maximum atomic E-state index is 5.74. The van der Waals surface area contributed by atoms with Crippen molar-refractivity contribution in [3.05, 3.63) is 17.6 Å². The van der Waals surface area contributed by atoms with Crippen LogP contribution in [0.15, 0.2) is 6.20 Å². The van der Waals surface area contributed by atoms with Crippen LogP contribution in [0, 0.1) is 13.8 Å². The van der Waals surface area contributed by atoms with Crippen molar-refractivity contribution in [2.75, 3.05) is 11.2 Å². The van der Waals surface area contributed by atoms with Gasteiger partial charge < -0.3 is 5.32 Å². The van der Waals surface area contributed by atoms with Crippen LogP contribution in [-0.4, -0.2) is 21.9 Å². The Morgan fingerprint density at radius 3 is 2.80 bits per heavy atom. The second-order valence-corrected chi connectivity index (χ2v) is 4.05. The minimum absolute atomic E-state index is 0.386. The number of nitrogens with one attached hydrogen (secondary N) is 1. The molecule has 1 rings (SSSR count). The smallest absolute Gasteiger partial charge is 0.147 e. The lowest BCUT2D eigenvalue weighted by molar-refractivity contribution is 0.669. The van der Waals surface area contributed by atoms with E-state index in [-0.39, 0.29) is 0 Å². The molecule has 1 aromatic rings. The minimum atomic E-state index is 0.386. The lowest BCUT2D eigenvalue weighted by atomic mass is 10.1. The van der Waals surface area contributed by atoms with Crippen LogP contribution < -0.4 is 5.32 Å². The fourth-order valence-electron chi connectivity index (χ4n) is 1.38. The quantitative estimate of drug-likeness (QED) is 0.786. The van der Waals surface area contributed by atoms with Gasteiger partial charge in [0.1, 0.15) is 5.82 Å². The summed E-state index contributed by atoms with van der Waals surface area (Å²) >= 11 is 5.74. The molecule has 0 saturated heterocycles. The second-order valence-electron chi connectivity index (χ2n) is 3.67. The van der Waals surface area contributed by atoms with Crippen molar-refractivity contribution in [3.8, 4) is 0 Å². The normalized spacial score (nSPS) is 12.5. The minimum Gasteiger partial charge on any atom is -0.366 e. The van der Waals surface area contributed by atoms with Gasteiger partial charge in [-0.1, -0.05) is 6.92 Å². The Bertz CT molecular complexity index is 315. The van der Waals surface area contributed by atoms with E-state index < -0.39 is 0 Å². The number of aromatic nitrogens is 2. The summed E-state index contributed by atoms with van der Waals surface area (Å²) in [5.41, 5.74) is 1.87. The Balaban J connectivity index is 2.73. The average molecular weight is 228 g/mol. The molecule has 0 bridgehead atoms. The van der Waals surface area contributed by atoms with Crippen molar-refractivity contribution < 1.29 is 0 Å². The Kier molecular flexibility index (Phi) is 4.82. The molecule has 0 amide bonds. The Labute approximate surface area is 96.3 Å². The molecule has 1 heterocycles. The summed E-state index contributed by atoms with van der Waals surface area (Å²) in [5.74, 6) is 1.55. The number of hydrogen-bond acceptors (Lipinski definition) is 3. The van der Waals surface area contributed by atoms with Crippen LogP contribution >= 0.6 is 11.6 Å². The van der Waals surface area contributed by atoms with Gasteiger partial charge >= 0.3 is 0 Å². The molecular weight excluding hydrogens is 210 g/mol. The number of aryl methyl sites for hydroxylation is 2. The summed E-state index contributed by atoms with van der Waals surface area (Å²) in [4.78, 5) is 8.69. The molecule has 84 valence electrons. The Morgan fingerprint density at radius 2 is 2.20 bits per heavy atom. The lowest BCUT2D eigenvalue weighted by Gasteiger charge is -2.17. The van der Waals surface area contributed by atoms with Gasteiger partial charge in [0.2, 0.25) is 0 Å². The van der Waals surface area contributed by atoms with E-state index in [4.69, 9.17) is 11.6 Å². The molecule has 4 heteroatoms. The summed E-state index contributed by atoms with van der Waals surface area (Å²) in [5, 5.41) is 3.38. The van der Waals surface area contributed by atoms with Gasteiger partial charge in [-0.25, -0.2) is 4.98 Å². The van der Waals surface area contributed by atoms with Crippen LogP contribution in [0.2, 0.25) is 0 Å². The van der Waals surface area contributed by atoms with Crippen molar-refractivity contribution in [2.45, 2.75) is 39.7 Å². The summed E-state index contributed by atoms with van der Waals surface area (Å²) < 4.78 is 0. The van der Waals surface area contributed by atoms with E-state index in [2.05, 4.69) is 22.2 Å². The lowest BCUT2D eigenvalue weighted by Crippen LogP contribution is -2.20. The van der Waals surface area contributed by atoms with Crippen molar-refractivity contribution in [1.29, 1.82) is 0 Å². The first-order chi connectivity index (χ1) is 7.17. The van der Waals surface area contributed by atoms with Gasteiger partial charge in [-0.15, -0.1) is 11.6 Å². The monoisotopic (exact) mass is 227 g/mol. The van der Waals surface area contributed by atoms with Gasteiger partial charge in [0.05, 0.1) is 11.4 Å². The van der Waals surface area contributed by atoms with E-state index in [0.29, 0.717) is 11.9 Å². The number of rotatable bonds is 5. The third kappa shape index (κ3) is 3.67. The average Bonchev–Trinajstić information content (AvgIpc) is 2.22. The van der Waals surface area contributed by atoms with E-state index in [1.165, 1.54) is 0 Å². The molecule has 0 aromatic carbocycles. The molecule has 0 spiro atoms. The standard InChI is InChI=1S/C11H18ClN3/c1-4-10(5-6-12)15-11-9(3)13-7-8(2)14-11/h7,10H,4-6H2,1-3H3,(H,14,15). The number of anilines is 1. The topological polar surface area (TPSA) is 37.8 Å². The highest BCUT2D eigenvalue weighted by Crippen LogP contribution is 2.13. The highest BCUT2D eigenvalue weighted by atomic mass is 35.5. The third-order valence-corrected chi connectivity index (χ3v) is 2.59. The number of alkyl halides is 1. The summed E-state index contributed by atoms with van der Waals surface area (Å²) in [6, 6.07) is 0.386. The van der Waals surface area contributed by atoms with Crippen LogP contribution in [0.3, 0.4) is 0 Å². The van der Waals surface area contributed by atoms with Crippen molar-refractivity contribution in [2.24, 2.45) is 0 Å². The first-order valence-electron chi connectivity index (χ1n) is 5.30. The van der Waals surface area contributed by atoms with Crippen molar-refractivity contribution in [3.63, 3.8) is 0 Å². The molecule has 1 N–H and O–H groups in total. The molecule has 0 fully saturated rings. The fourth-order valence-corrected chi connectivity index (χ4v) is 1.64. The van der Waals surface area contributed by atoms with Gasteiger partial charge in [-0.05, 0) is 26.7 Å². The highest BCUT2D eigenvalue weighted by Gasteiger charge is 2.08. The van der Waals surface area contributed by atoms with Crippen molar-refractivity contribution in [1.82, 2.24) is 9.97 Å². The maximum absolute atomic E-state index is 5.74. The largest absolute Gasteiger partial charge is 0.366 e. The molecule has 15 heavy (non-hydrogen) atoms. The molecule has 0 aliphatic carbocycles. The van der Waals surface area contributed by atoms with Crippen LogP contribution in [0.5, 0.6) is 0 Å². The molecule has 1 aromatic heterocycles. The molecular formula is C11H18ClN3. The van der Waals surface area contributed by atoms with Crippen LogP contribution in [0.4, 0.5) is 5.82 Å². The summed E-state index contributed by atoms with van der Waals surface area (Å²) in [6.45, 7) is 6.05. The zero-order chi connectivity index (χ0) is 11.3. The molecule has 0 saturated carbocycles. The van der Waals surface area contributed by atoms with Crippen LogP contribution in [0.1, 0.15) is 31.2 Å². The molecule has 0 radical (unpaired) electrons. The molecule has 1 atom stereocenters. The third-order valence-electron chi connectivity index (χ3n) is 2.37. The second kappa shape index (κ2) is 5.91. The molecule has 0 aliphatic rings.